The number of halogens is 1. The zero-order chi connectivity index (χ0) is 29.0. The Hall–Kier alpha value is -3.14. The van der Waals surface area contributed by atoms with Gasteiger partial charge in [0.15, 0.2) is 4.34 Å². The van der Waals surface area contributed by atoms with E-state index in [4.69, 9.17) is 21.1 Å². The molecule has 0 spiro atoms. The van der Waals surface area contributed by atoms with Crippen molar-refractivity contribution in [3.05, 3.63) is 51.7 Å². The second-order valence-electron chi connectivity index (χ2n) is 8.38. The number of benzene rings is 1. The van der Waals surface area contributed by atoms with Gasteiger partial charge in [0.25, 0.3) is 11.8 Å². The summed E-state index contributed by atoms with van der Waals surface area (Å²) in [4.78, 5) is 63.5. The number of nitrogens with zero attached hydrogens (tertiary/aromatic N) is 3. The van der Waals surface area contributed by atoms with Gasteiger partial charge in [-0.25, -0.2) is 9.59 Å². The average Bonchev–Trinajstić information content (AvgIpc) is 3.37. The second-order valence-corrected chi connectivity index (χ2v) is 12.2. The van der Waals surface area contributed by atoms with E-state index in [1.54, 1.807) is 6.92 Å². The van der Waals surface area contributed by atoms with Crippen molar-refractivity contribution in [2.24, 2.45) is 0 Å². The number of alkyl halides is 1. The third kappa shape index (κ3) is 6.43. The summed E-state index contributed by atoms with van der Waals surface area (Å²) < 4.78 is 10.9. The molecule has 12 nitrogen and oxygen atoms in total. The largest absolute Gasteiger partial charge is 0.477 e. The first-order chi connectivity index (χ1) is 19.1. The van der Waals surface area contributed by atoms with Gasteiger partial charge < -0.3 is 19.9 Å². The Morgan fingerprint density at radius 3 is 2.58 bits per heavy atom. The van der Waals surface area contributed by atoms with Crippen LogP contribution in [0.3, 0.4) is 0 Å². The number of rotatable bonds is 11. The molecule has 1 aromatic heterocycles. The van der Waals surface area contributed by atoms with Crippen molar-refractivity contribution in [1.29, 1.82) is 0 Å². The highest BCUT2D eigenvalue weighted by Gasteiger charge is 2.54. The molecule has 2 aliphatic heterocycles. The van der Waals surface area contributed by atoms with Crippen LogP contribution in [-0.2, 0) is 28.7 Å². The molecule has 40 heavy (non-hydrogen) atoms. The smallest absolute Gasteiger partial charge is 0.352 e. The summed E-state index contributed by atoms with van der Waals surface area (Å²) in [5.41, 5.74) is 0.911. The van der Waals surface area contributed by atoms with Gasteiger partial charge in [-0.1, -0.05) is 35.2 Å². The van der Waals surface area contributed by atoms with E-state index in [-0.39, 0.29) is 23.4 Å². The predicted octanol–water partition coefficient (Wildman–Crippen LogP) is 2.38. The lowest BCUT2D eigenvalue weighted by molar-refractivity contribution is -0.157. The van der Waals surface area contributed by atoms with Gasteiger partial charge in [-0.3, -0.25) is 19.3 Å². The Bertz CT molecular complexity index is 1370. The lowest BCUT2D eigenvalue weighted by atomic mass is 10.0. The highest BCUT2D eigenvalue weighted by Crippen LogP contribution is 2.42. The number of esters is 2. The molecule has 2 N–H and O–H groups in total. The maximum absolute atomic E-state index is 13.2. The summed E-state index contributed by atoms with van der Waals surface area (Å²) in [5, 5.41) is 20.6. The van der Waals surface area contributed by atoms with Gasteiger partial charge in [-0.05, 0) is 31.6 Å². The van der Waals surface area contributed by atoms with Crippen LogP contribution in [0.2, 0.25) is 0 Å². The molecule has 212 valence electrons. The Balaban J connectivity index is 1.49. The summed E-state index contributed by atoms with van der Waals surface area (Å²) >= 11 is 9.61. The van der Waals surface area contributed by atoms with Crippen LogP contribution in [0, 0.1) is 6.92 Å². The highest BCUT2D eigenvalue weighted by atomic mass is 35.5. The zero-order valence-corrected chi connectivity index (χ0v) is 24.3. The van der Waals surface area contributed by atoms with Crippen LogP contribution in [0.1, 0.15) is 34.0 Å². The molecular weight excluding hydrogens is 604 g/mol. The van der Waals surface area contributed by atoms with Crippen molar-refractivity contribution in [3.63, 3.8) is 0 Å². The number of carbonyl (C=O) groups excluding carboxylic acids is 4. The summed E-state index contributed by atoms with van der Waals surface area (Å²) in [6.45, 7) is 3.67. The number of ether oxygens (including phenoxy) is 2. The van der Waals surface area contributed by atoms with Crippen molar-refractivity contribution in [1.82, 2.24) is 20.4 Å². The molecule has 0 radical (unpaired) electrons. The van der Waals surface area contributed by atoms with Gasteiger partial charge in [-0.2, -0.15) is 0 Å². The lowest BCUT2D eigenvalue weighted by Crippen LogP contribution is -2.71. The number of carboxylic acid groups (broad SMARTS) is 1. The lowest BCUT2D eigenvalue weighted by Gasteiger charge is -2.49. The third-order valence-corrected chi connectivity index (χ3v) is 9.36. The molecule has 2 unspecified atom stereocenters. The topological polar surface area (TPSA) is 165 Å². The highest BCUT2D eigenvalue weighted by molar-refractivity contribution is 8.01. The third-order valence-electron chi connectivity index (χ3n) is 5.75. The number of carboxylic acids is 1. The molecule has 2 aromatic rings. The molecular formula is C24H23ClN4O8S3. The number of aromatic nitrogens is 2. The molecule has 2 aliphatic rings. The summed E-state index contributed by atoms with van der Waals surface area (Å²) in [6.07, 6.45) is -1.46. The minimum Gasteiger partial charge on any atom is -0.477 e. The van der Waals surface area contributed by atoms with Crippen LogP contribution >= 0.6 is 46.5 Å². The monoisotopic (exact) mass is 626 g/mol. The van der Waals surface area contributed by atoms with Crippen LogP contribution in [0.4, 0.5) is 0 Å². The normalized spacial score (nSPS) is 18.9. The number of hydrogen-bond acceptors (Lipinski definition) is 12. The second kappa shape index (κ2) is 13.0. The van der Waals surface area contributed by atoms with E-state index in [1.165, 1.54) is 59.1 Å². The Morgan fingerprint density at radius 1 is 1.25 bits per heavy atom. The Labute approximate surface area is 245 Å². The maximum Gasteiger partial charge on any atom is 0.352 e. The fourth-order valence-electron chi connectivity index (χ4n) is 3.95. The number of β-lactam (4-membered cyclic amide) rings is 1. The SMILES string of the molecule is CCOC(=O)c1ccc(C(OC(=O)CCl)C(=O)NC2C(=O)N3C(C(=O)O)=C(CSc4nnc(C)s4)CS[C@H]23)cc1. The van der Waals surface area contributed by atoms with E-state index in [0.29, 0.717) is 21.4 Å². The number of amides is 2. The number of nitrogens with one attached hydrogen (secondary N) is 1. The standard InChI is InChI=1S/C24H23ClN4O8S3/c1-3-36-23(35)13-6-4-12(5-7-13)18(37-15(30)8-25)19(31)26-16-20(32)29-17(22(33)34)14(9-38-21(16)29)10-39-24-28-27-11(2)40-24/h4-7,16,18,21H,3,8-10H2,1-2H3,(H,26,31)(H,33,34)/t16?,18?,21-/m1/s1. The van der Waals surface area contributed by atoms with E-state index in [0.717, 1.165) is 9.91 Å². The molecule has 1 saturated heterocycles. The molecule has 3 heterocycles. The van der Waals surface area contributed by atoms with Crippen LogP contribution in [-0.4, -0.2) is 85.3 Å². The van der Waals surface area contributed by atoms with Crippen molar-refractivity contribution >= 4 is 76.2 Å². The first-order valence-electron chi connectivity index (χ1n) is 11.8. The van der Waals surface area contributed by atoms with Crippen molar-refractivity contribution in [3.8, 4) is 0 Å². The number of aliphatic carboxylic acids is 1. The molecule has 1 fully saturated rings. The van der Waals surface area contributed by atoms with Gasteiger partial charge in [-0.15, -0.1) is 33.6 Å². The molecule has 1 aromatic carbocycles. The number of aryl methyl sites for hydroxylation is 1. The zero-order valence-electron chi connectivity index (χ0n) is 21.1. The number of carbonyl (C=O) groups is 5. The molecule has 0 aliphatic carbocycles. The van der Waals surface area contributed by atoms with Crippen LogP contribution < -0.4 is 5.32 Å². The van der Waals surface area contributed by atoms with Crippen molar-refractivity contribution < 1.29 is 38.6 Å². The fraction of sp³-hybridized carbons (Fsp3) is 0.375. The molecule has 3 atom stereocenters. The number of hydrogen-bond donors (Lipinski definition) is 2. The van der Waals surface area contributed by atoms with Crippen molar-refractivity contribution in [2.75, 3.05) is 24.0 Å². The van der Waals surface area contributed by atoms with Crippen molar-refractivity contribution in [2.45, 2.75) is 35.7 Å². The fourth-order valence-corrected chi connectivity index (χ4v) is 7.32. The summed E-state index contributed by atoms with van der Waals surface area (Å²) in [5.74, 6) is -3.93. The van der Waals surface area contributed by atoms with E-state index >= 15 is 0 Å². The molecule has 0 bridgehead atoms. The Morgan fingerprint density at radius 2 is 1.98 bits per heavy atom. The van der Waals surface area contributed by atoms with Gasteiger partial charge >= 0.3 is 17.9 Å². The molecule has 16 heteroatoms. The number of thioether (sulfide) groups is 2. The van der Waals surface area contributed by atoms with Gasteiger partial charge in [0.05, 0.1) is 12.2 Å². The van der Waals surface area contributed by atoms with Crippen LogP contribution in [0.5, 0.6) is 0 Å². The predicted molar refractivity (Wildman–Crippen MR) is 147 cm³/mol. The molecule has 4 rings (SSSR count). The molecule has 2 amide bonds. The average molecular weight is 627 g/mol. The minimum atomic E-state index is -1.46. The first-order valence-corrected chi connectivity index (χ1v) is 15.2. The van der Waals surface area contributed by atoms with E-state index in [2.05, 4.69) is 15.5 Å². The van der Waals surface area contributed by atoms with E-state index < -0.39 is 53.1 Å². The van der Waals surface area contributed by atoms with E-state index in [1.807, 2.05) is 6.92 Å². The Kier molecular flexibility index (Phi) is 9.71. The quantitative estimate of drug-likeness (QED) is 0.162. The van der Waals surface area contributed by atoms with E-state index in [9.17, 15) is 29.1 Å². The van der Waals surface area contributed by atoms with Gasteiger partial charge in [0, 0.05) is 17.1 Å². The van der Waals surface area contributed by atoms with Gasteiger partial charge in [0.1, 0.15) is 28.0 Å². The maximum atomic E-state index is 13.2. The minimum absolute atomic E-state index is 0.118. The van der Waals surface area contributed by atoms with Crippen LogP contribution in [0.15, 0.2) is 39.9 Å². The first kappa shape index (κ1) is 29.8. The summed E-state index contributed by atoms with van der Waals surface area (Å²) in [6, 6.07) is 4.65. The number of fused-ring (bicyclic) bond motifs is 1. The van der Waals surface area contributed by atoms with Gasteiger partial charge in [0.2, 0.25) is 6.10 Å². The molecule has 0 saturated carbocycles. The van der Waals surface area contributed by atoms with Crippen LogP contribution in [0.25, 0.3) is 0 Å². The summed E-state index contributed by atoms with van der Waals surface area (Å²) in [7, 11) is 0.